The van der Waals surface area contributed by atoms with Gasteiger partial charge in [0.05, 0.1) is 6.54 Å². The van der Waals surface area contributed by atoms with Gasteiger partial charge in [-0.25, -0.2) is 4.79 Å². The number of methoxy groups -OCH3 is 1. The second-order valence-electron chi connectivity index (χ2n) is 5.75. The summed E-state index contributed by atoms with van der Waals surface area (Å²) in [4.78, 5) is 34.0. The lowest BCUT2D eigenvalue weighted by Gasteiger charge is -2.18. The second kappa shape index (κ2) is 8.52. The molecule has 0 aliphatic rings. The molecular formula is C13H24N2O5. The molecule has 0 aromatic heterocycles. The van der Waals surface area contributed by atoms with Gasteiger partial charge in [-0.3, -0.25) is 9.59 Å². The third kappa shape index (κ3) is 9.32. The second-order valence-corrected chi connectivity index (χ2v) is 5.75. The monoisotopic (exact) mass is 288 g/mol. The van der Waals surface area contributed by atoms with Crippen molar-refractivity contribution in [3.05, 3.63) is 0 Å². The van der Waals surface area contributed by atoms with E-state index in [0.29, 0.717) is 6.42 Å². The molecule has 0 aliphatic heterocycles. The van der Waals surface area contributed by atoms with Crippen LogP contribution in [-0.2, 0) is 19.1 Å². The molecule has 0 fully saturated rings. The van der Waals surface area contributed by atoms with Gasteiger partial charge in [-0.05, 0) is 5.41 Å². The first-order valence-electron chi connectivity index (χ1n) is 6.43. The Morgan fingerprint density at radius 1 is 1.20 bits per heavy atom. The minimum atomic E-state index is -1.13. The van der Waals surface area contributed by atoms with Gasteiger partial charge in [-0.15, -0.1) is 0 Å². The molecule has 0 aromatic rings. The summed E-state index contributed by atoms with van der Waals surface area (Å²) < 4.78 is 4.77. The average molecular weight is 288 g/mol. The highest BCUT2D eigenvalue weighted by molar-refractivity contribution is 5.87. The van der Waals surface area contributed by atoms with E-state index in [1.165, 1.54) is 7.11 Å². The number of carboxylic acids is 1. The summed E-state index contributed by atoms with van der Waals surface area (Å²) in [6.07, 6.45) is 0.472. The van der Waals surface area contributed by atoms with Crippen LogP contribution in [0.3, 0.4) is 0 Å². The number of carboxylic acid groups (broad SMARTS) is 1. The van der Waals surface area contributed by atoms with Crippen LogP contribution in [-0.4, -0.2) is 49.2 Å². The lowest BCUT2D eigenvalue weighted by Crippen LogP contribution is -2.46. The molecule has 116 valence electrons. The van der Waals surface area contributed by atoms with Crippen LogP contribution in [0.4, 0.5) is 0 Å². The highest BCUT2D eigenvalue weighted by Crippen LogP contribution is 2.17. The van der Waals surface area contributed by atoms with Gasteiger partial charge in [-0.2, -0.15) is 0 Å². The van der Waals surface area contributed by atoms with Crippen molar-refractivity contribution in [3.8, 4) is 0 Å². The van der Waals surface area contributed by atoms with Crippen LogP contribution in [0.1, 0.15) is 33.6 Å². The van der Waals surface area contributed by atoms with Crippen LogP contribution in [0.2, 0.25) is 0 Å². The zero-order valence-electron chi connectivity index (χ0n) is 12.5. The van der Waals surface area contributed by atoms with Gasteiger partial charge in [0.1, 0.15) is 6.04 Å². The van der Waals surface area contributed by atoms with Crippen LogP contribution in [0.5, 0.6) is 0 Å². The average Bonchev–Trinajstić information content (AvgIpc) is 2.29. The molecule has 1 atom stereocenters. The molecule has 20 heavy (non-hydrogen) atoms. The fourth-order valence-electron chi connectivity index (χ4n) is 1.46. The third-order valence-corrected chi connectivity index (χ3v) is 2.38. The number of carbonyl (C=O) groups excluding carboxylic acids is 2. The van der Waals surface area contributed by atoms with E-state index in [4.69, 9.17) is 9.84 Å². The molecule has 0 aromatic carbocycles. The van der Waals surface area contributed by atoms with E-state index in [-0.39, 0.29) is 30.9 Å². The van der Waals surface area contributed by atoms with Crippen molar-refractivity contribution >= 4 is 17.8 Å². The summed E-state index contributed by atoms with van der Waals surface area (Å²) >= 11 is 0. The molecular weight excluding hydrogens is 264 g/mol. The Hall–Kier alpha value is -1.63. The number of aliphatic carboxylic acids is 1. The van der Waals surface area contributed by atoms with Crippen LogP contribution >= 0.6 is 0 Å². The van der Waals surface area contributed by atoms with Crippen molar-refractivity contribution < 1.29 is 24.2 Å². The minimum Gasteiger partial charge on any atom is -0.480 e. The van der Waals surface area contributed by atoms with Crippen molar-refractivity contribution in [2.24, 2.45) is 5.41 Å². The normalized spacial score (nSPS) is 12.6. The van der Waals surface area contributed by atoms with Crippen LogP contribution < -0.4 is 10.6 Å². The van der Waals surface area contributed by atoms with E-state index >= 15 is 0 Å². The Labute approximate surface area is 119 Å². The summed E-state index contributed by atoms with van der Waals surface area (Å²) in [5.41, 5.74) is -0.164. The quantitative estimate of drug-likeness (QED) is 0.589. The molecule has 3 N–H and O–H groups in total. The van der Waals surface area contributed by atoms with Crippen molar-refractivity contribution in [2.45, 2.75) is 39.7 Å². The van der Waals surface area contributed by atoms with Gasteiger partial charge < -0.3 is 20.5 Å². The van der Waals surface area contributed by atoms with Gasteiger partial charge in [-0.1, -0.05) is 20.8 Å². The summed E-state index contributed by atoms with van der Waals surface area (Å²) in [5.74, 6) is -1.90. The number of hydrogen-bond donors (Lipinski definition) is 3. The number of hydrogen-bond acceptors (Lipinski definition) is 4. The van der Waals surface area contributed by atoms with Crippen molar-refractivity contribution in [1.29, 1.82) is 0 Å². The van der Waals surface area contributed by atoms with Crippen LogP contribution in [0, 0.1) is 5.41 Å². The van der Waals surface area contributed by atoms with Crippen molar-refractivity contribution in [1.82, 2.24) is 10.6 Å². The summed E-state index contributed by atoms with van der Waals surface area (Å²) in [7, 11) is 1.45. The summed E-state index contributed by atoms with van der Waals surface area (Å²) in [6, 6.07) is -1.01. The summed E-state index contributed by atoms with van der Waals surface area (Å²) in [6.45, 7) is 5.74. The van der Waals surface area contributed by atoms with E-state index in [2.05, 4.69) is 10.6 Å². The Morgan fingerprint density at radius 3 is 2.25 bits per heavy atom. The van der Waals surface area contributed by atoms with E-state index in [1.807, 2.05) is 20.8 Å². The van der Waals surface area contributed by atoms with Crippen LogP contribution in [0.15, 0.2) is 0 Å². The molecule has 2 amide bonds. The molecule has 0 saturated heterocycles. The number of ether oxygens (including phenoxy) is 1. The van der Waals surface area contributed by atoms with E-state index < -0.39 is 17.9 Å². The Balaban J connectivity index is 4.14. The smallest absolute Gasteiger partial charge is 0.326 e. The molecule has 7 nitrogen and oxygen atoms in total. The fourth-order valence-corrected chi connectivity index (χ4v) is 1.46. The third-order valence-electron chi connectivity index (χ3n) is 2.38. The first-order valence-corrected chi connectivity index (χ1v) is 6.43. The largest absolute Gasteiger partial charge is 0.480 e. The van der Waals surface area contributed by atoms with Crippen LogP contribution in [0.25, 0.3) is 0 Å². The van der Waals surface area contributed by atoms with Crippen molar-refractivity contribution in [3.63, 3.8) is 0 Å². The molecule has 0 heterocycles. The molecule has 0 spiro atoms. The van der Waals surface area contributed by atoms with E-state index in [9.17, 15) is 14.4 Å². The first-order chi connectivity index (χ1) is 9.15. The molecule has 0 aliphatic carbocycles. The Bertz CT molecular complexity index is 349. The standard InChI is InChI=1S/C13H24N2O5/c1-13(2,3)7-10(16)14-8-11(17)15-9(12(18)19)5-6-20-4/h9H,5-8H2,1-4H3,(H,14,16)(H,15,17)(H,18,19). The molecule has 0 saturated carbocycles. The highest BCUT2D eigenvalue weighted by Gasteiger charge is 2.20. The van der Waals surface area contributed by atoms with Gasteiger partial charge in [0.2, 0.25) is 11.8 Å². The van der Waals surface area contributed by atoms with E-state index in [1.54, 1.807) is 0 Å². The number of carbonyl (C=O) groups is 3. The lowest BCUT2D eigenvalue weighted by molar-refractivity contribution is -0.142. The first kappa shape index (κ1) is 18.4. The van der Waals surface area contributed by atoms with Gasteiger partial charge in [0.25, 0.3) is 0 Å². The number of nitrogens with one attached hydrogen (secondary N) is 2. The maximum Gasteiger partial charge on any atom is 0.326 e. The van der Waals surface area contributed by atoms with Gasteiger partial charge in [0, 0.05) is 26.6 Å². The maximum absolute atomic E-state index is 11.6. The topological polar surface area (TPSA) is 105 Å². The zero-order valence-corrected chi connectivity index (χ0v) is 12.5. The molecule has 0 radical (unpaired) electrons. The number of amides is 2. The van der Waals surface area contributed by atoms with Crippen molar-refractivity contribution in [2.75, 3.05) is 20.3 Å². The predicted molar refractivity (Wildman–Crippen MR) is 73.1 cm³/mol. The van der Waals surface area contributed by atoms with Gasteiger partial charge in [0.15, 0.2) is 0 Å². The van der Waals surface area contributed by atoms with E-state index in [0.717, 1.165) is 0 Å². The SMILES string of the molecule is COCCC(NC(=O)CNC(=O)CC(C)(C)C)C(=O)O. The number of rotatable bonds is 8. The fraction of sp³-hybridized carbons (Fsp3) is 0.769. The predicted octanol–water partition coefficient (Wildman–Crippen LogP) is 0.145. The lowest BCUT2D eigenvalue weighted by atomic mass is 9.92. The Morgan fingerprint density at radius 2 is 1.80 bits per heavy atom. The maximum atomic E-state index is 11.6. The van der Waals surface area contributed by atoms with Gasteiger partial charge >= 0.3 is 5.97 Å². The molecule has 1 unspecified atom stereocenters. The molecule has 7 heteroatoms. The molecule has 0 rings (SSSR count). The Kier molecular flexibility index (Phi) is 7.83. The molecule has 0 bridgehead atoms. The summed E-state index contributed by atoms with van der Waals surface area (Å²) in [5, 5.41) is 13.7. The highest BCUT2D eigenvalue weighted by atomic mass is 16.5. The minimum absolute atomic E-state index is 0.164. The zero-order chi connectivity index (χ0) is 15.8.